The normalized spacial score (nSPS) is 19.8. The highest BCUT2D eigenvalue weighted by Gasteiger charge is 2.28. The summed E-state index contributed by atoms with van der Waals surface area (Å²) in [5.41, 5.74) is 1.61. The molecule has 6 heteroatoms. The van der Waals surface area contributed by atoms with Crippen LogP contribution in [0.25, 0.3) is 0 Å². The van der Waals surface area contributed by atoms with E-state index in [1.165, 1.54) is 5.69 Å². The molecule has 134 valence electrons. The SMILES string of the molecule is N#Cc1cnc(C2CC2)nc1OCC1CCCN(c2ccc(Cl)cc2)C1. The summed E-state index contributed by atoms with van der Waals surface area (Å²) < 4.78 is 5.97. The lowest BCUT2D eigenvalue weighted by Crippen LogP contribution is -2.37. The van der Waals surface area contributed by atoms with Gasteiger partial charge in [-0.15, -0.1) is 0 Å². The second kappa shape index (κ2) is 7.51. The Kier molecular flexibility index (Phi) is 4.94. The summed E-state index contributed by atoms with van der Waals surface area (Å²) in [6.45, 7) is 2.55. The molecule has 0 N–H and O–H groups in total. The first-order valence-corrected chi connectivity index (χ1v) is 9.51. The smallest absolute Gasteiger partial charge is 0.235 e. The van der Waals surface area contributed by atoms with Gasteiger partial charge in [0, 0.05) is 35.6 Å². The summed E-state index contributed by atoms with van der Waals surface area (Å²) in [5, 5.41) is 10.0. The van der Waals surface area contributed by atoms with Crippen LogP contribution in [0.15, 0.2) is 30.5 Å². The molecule has 0 spiro atoms. The van der Waals surface area contributed by atoms with Crippen LogP contribution in [0.3, 0.4) is 0 Å². The first-order chi connectivity index (χ1) is 12.7. The fourth-order valence-corrected chi connectivity index (χ4v) is 3.51. The number of anilines is 1. The number of aromatic nitrogens is 2. The van der Waals surface area contributed by atoms with Gasteiger partial charge in [0.05, 0.1) is 12.8 Å². The predicted molar refractivity (Wildman–Crippen MR) is 101 cm³/mol. The van der Waals surface area contributed by atoms with Crippen molar-refractivity contribution >= 4 is 17.3 Å². The third-order valence-electron chi connectivity index (χ3n) is 5.00. The van der Waals surface area contributed by atoms with Gasteiger partial charge in [-0.3, -0.25) is 0 Å². The van der Waals surface area contributed by atoms with Crippen molar-refractivity contribution in [1.29, 1.82) is 5.26 Å². The lowest BCUT2D eigenvalue weighted by atomic mass is 9.98. The predicted octanol–water partition coefficient (Wildman–Crippen LogP) is 4.17. The number of piperidine rings is 1. The van der Waals surface area contributed by atoms with E-state index in [1.54, 1.807) is 6.20 Å². The fourth-order valence-electron chi connectivity index (χ4n) is 3.39. The van der Waals surface area contributed by atoms with Crippen LogP contribution in [0.5, 0.6) is 5.88 Å². The lowest BCUT2D eigenvalue weighted by Gasteiger charge is -2.34. The Hall–Kier alpha value is -2.32. The maximum absolute atomic E-state index is 9.28. The van der Waals surface area contributed by atoms with E-state index in [2.05, 4.69) is 33.1 Å². The second-order valence-electron chi connectivity index (χ2n) is 7.07. The molecule has 2 aliphatic rings. The van der Waals surface area contributed by atoms with Crippen LogP contribution < -0.4 is 9.64 Å². The molecule has 2 fully saturated rings. The molecule has 1 aliphatic heterocycles. The molecule has 1 aliphatic carbocycles. The zero-order valence-electron chi connectivity index (χ0n) is 14.6. The molecule has 5 nitrogen and oxygen atoms in total. The zero-order chi connectivity index (χ0) is 17.9. The van der Waals surface area contributed by atoms with Crippen molar-refractivity contribution in [1.82, 2.24) is 9.97 Å². The van der Waals surface area contributed by atoms with Crippen LogP contribution in [0.4, 0.5) is 5.69 Å². The third kappa shape index (κ3) is 3.91. The zero-order valence-corrected chi connectivity index (χ0v) is 15.3. The standard InChI is InChI=1S/C20H21ClN4O/c21-17-5-7-18(8-6-17)25-9-1-2-14(12-25)13-26-20-16(10-22)11-23-19(24-20)15-3-4-15/h5-8,11,14-15H,1-4,9,12-13H2. The maximum Gasteiger partial charge on any atom is 0.235 e. The summed E-state index contributed by atoms with van der Waals surface area (Å²) in [5.74, 6) is 2.10. The third-order valence-corrected chi connectivity index (χ3v) is 5.25. The van der Waals surface area contributed by atoms with E-state index in [0.29, 0.717) is 29.9 Å². The monoisotopic (exact) mass is 368 g/mol. The van der Waals surface area contributed by atoms with E-state index < -0.39 is 0 Å². The van der Waals surface area contributed by atoms with Gasteiger partial charge in [0.2, 0.25) is 5.88 Å². The summed E-state index contributed by atoms with van der Waals surface area (Å²) in [7, 11) is 0. The highest BCUT2D eigenvalue weighted by atomic mass is 35.5. The average Bonchev–Trinajstić information content (AvgIpc) is 3.52. The van der Waals surface area contributed by atoms with Gasteiger partial charge in [-0.2, -0.15) is 10.2 Å². The van der Waals surface area contributed by atoms with E-state index >= 15 is 0 Å². The van der Waals surface area contributed by atoms with Crippen molar-refractivity contribution in [2.45, 2.75) is 31.6 Å². The largest absolute Gasteiger partial charge is 0.476 e. The Morgan fingerprint density at radius 3 is 2.77 bits per heavy atom. The molecule has 1 unspecified atom stereocenters. The van der Waals surface area contributed by atoms with Crippen molar-refractivity contribution in [3.8, 4) is 11.9 Å². The highest BCUT2D eigenvalue weighted by molar-refractivity contribution is 6.30. The number of hydrogen-bond acceptors (Lipinski definition) is 5. The molecule has 1 saturated carbocycles. The van der Waals surface area contributed by atoms with Crippen molar-refractivity contribution in [2.75, 3.05) is 24.6 Å². The minimum absolute atomic E-state index is 0.408. The molecule has 1 aromatic heterocycles. The van der Waals surface area contributed by atoms with Crippen molar-refractivity contribution < 1.29 is 4.74 Å². The first-order valence-electron chi connectivity index (χ1n) is 9.13. The van der Waals surface area contributed by atoms with Crippen LogP contribution in [-0.2, 0) is 0 Å². The Balaban J connectivity index is 1.40. The minimum atomic E-state index is 0.408. The fraction of sp³-hybridized carbons (Fsp3) is 0.450. The molecular weight excluding hydrogens is 348 g/mol. The van der Waals surface area contributed by atoms with E-state index in [0.717, 1.165) is 49.6 Å². The van der Waals surface area contributed by atoms with E-state index in [-0.39, 0.29) is 0 Å². The molecule has 1 saturated heterocycles. The maximum atomic E-state index is 9.28. The minimum Gasteiger partial charge on any atom is -0.476 e. The number of ether oxygens (including phenoxy) is 1. The van der Waals surface area contributed by atoms with Crippen LogP contribution in [-0.4, -0.2) is 29.7 Å². The number of rotatable bonds is 5. The van der Waals surface area contributed by atoms with Crippen LogP contribution >= 0.6 is 11.6 Å². The van der Waals surface area contributed by atoms with Crippen molar-refractivity contribution in [3.05, 3.63) is 46.9 Å². The average molecular weight is 369 g/mol. The Morgan fingerprint density at radius 2 is 2.04 bits per heavy atom. The lowest BCUT2D eigenvalue weighted by molar-refractivity contribution is 0.220. The first kappa shape index (κ1) is 17.1. The van der Waals surface area contributed by atoms with E-state index in [9.17, 15) is 5.26 Å². The van der Waals surface area contributed by atoms with Crippen molar-refractivity contribution in [2.24, 2.45) is 5.92 Å². The van der Waals surface area contributed by atoms with Gasteiger partial charge in [-0.25, -0.2) is 4.98 Å². The summed E-state index contributed by atoms with van der Waals surface area (Å²) in [6.07, 6.45) is 6.09. The van der Waals surface area contributed by atoms with Gasteiger partial charge in [-0.05, 0) is 49.9 Å². The molecular formula is C20H21ClN4O. The van der Waals surface area contributed by atoms with Crippen molar-refractivity contribution in [3.63, 3.8) is 0 Å². The van der Waals surface area contributed by atoms with E-state index in [4.69, 9.17) is 16.3 Å². The molecule has 2 heterocycles. The van der Waals surface area contributed by atoms with Gasteiger partial charge < -0.3 is 9.64 Å². The summed E-state index contributed by atoms with van der Waals surface area (Å²) in [6, 6.07) is 10.1. The molecule has 2 aromatic rings. The van der Waals surface area contributed by atoms with Gasteiger partial charge >= 0.3 is 0 Å². The number of benzene rings is 1. The molecule has 1 aromatic carbocycles. The molecule has 1 atom stereocenters. The molecule has 0 bridgehead atoms. The summed E-state index contributed by atoms with van der Waals surface area (Å²) >= 11 is 5.99. The van der Waals surface area contributed by atoms with Crippen LogP contribution in [0.1, 0.15) is 43.0 Å². The number of nitrogens with zero attached hydrogens (tertiary/aromatic N) is 4. The number of hydrogen-bond donors (Lipinski definition) is 0. The molecule has 0 radical (unpaired) electrons. The number of halogens is 1. The quantitative estimate of drug-likeness (QED) is 0.792. The molecule has 4 rings (SSSR count). The highest BCUT2D eigenvalue weighted by Crippen LogP contribution is 2.38. The summed E-state index contributed by atoms with van der Waals surface area (Å²) in [4.78, 5) is 11.2. The Bertz CT molecular complexity index is 814. The number of nitriles is 1. The van der Waals surface area contributed by atoms with Gasteiger partial charge in [-0.1, -0.05) is 11.6 Å². The molecule has 0 amide bonds. The molecule has 26 heavy (non-hydrogen) atoms. The van der Waals surface area contributed by atoms with Gasteiger partial charge in [0.15, 0.2) is 0 Å². The van der Waals surface area contributed by atoms with Gasteiger partial charge in [0.25, 0.3) is 0 Å². The van der Waals surface area contributed by atoms with E-state index in [1.807, 2.05) is 12.1 Å². The topological polar surface area (TPSA) is 62.0 Å². The van der Waals surface area contributed by atoms with Crippen LogP contribution in [0.2, 0.25) is 5.02 Å². The second-order valence-corrected chi connectivity index (χ2v) is 7.51. The Morgan fingerprint density at radius 1 is 1.23 bits per heavy atom. The van der Waals surface area contributed by atoms with Crippen LogP contribution in [0, 0.1) is 17.2 Å². The Labute approximate surface area is 158 Å². The van der Waals surface area contributed by atoms with Gasteiger partial charge in [0.1, 0.15) is 17.5 Å².